The minimum absolute atomic E-state index is 0.534. The van der Waals surface area contributed by atoms with Crippen LogP contribution >= 0.6 is 0 Å². The molecule has 1 nitrogen and oxygen atoms in total. The largest absolute Gasteiger partial charge is 0.380 e. The second kappa shape index (κ2) is 7.18. The number of hydrogen-bond donors (Lipinski definition) is 1. The summed E-state index contributed by atoms with van der Waals surface area (Å²) in [4.78, 5) is 0. The first-order valence-electron chi connectivity index (χ1n) is 4.88. The van der Waals surface area contributed by atoms with E-state index in [1.54, 1.807) is 0 Å². The van der Waals surface area contributed by atoms with E-state index >= 15 is 0 Å². The highest BCUT2D eigenvalue weighted by molar-refractivity contribution is 4.93. The minimum atomic E-state index is -0.534. The molecule has 0 spiro atoms. The molecule has 0 aliphatic rings. The van der Waals surface area contributed by atoms with Crippen LogP contribution in [0.4, 0.5) is 0 Å². The highest BCUT2D eigenvalue weighted by atomic mass is 16.3. The van der Waals surface area contributed by atoms with Gasteiger partial charge in [0.15, 0.2) is 0 Å². The van der Waals surface area contributed by atoms with Crippen molar-refractivity contribution in [3.8, 4) is 12.3 Å². The molecule has 0 heterocycles. The molecule has 1 unspecified atom stereocenters. The molecule has 0 aromatic heterocycles. The van der Waals surface area contributed by atoms with Crippen molar-refractivity contribution >= 4 is 0 Å². The fraction of sp³-hybridized carbons (Fsp3) is 0.818. The molecule has 0 aromatic rings. The van der Waals surface area contributed by atoms with Crippen LogP contribution in [0, 0.1) is 18.3 Å². The molecule has 12 heavy (non-hydrogen) atoms. The number of aliphatic hydroxyl groups is 1. The molecule has 0 aliphatic heterocycles. The molecular formula is C11H20O. The highest BCUT2D eigenvalue weighted by Gasteiger charge is 2.10. The Morgan fingerprint density at radius 3 is 2.08 bits per heavy atom. The Morgan fingerprint density at radius 2 is 1.75 bits per heavy atom. The van der Waals surface area contributed by atoms with Crippen LogP contribution in [0.15, 0.2) is 0 Å². The average Bonchev–Trinajstić information content (AvgIpc) is 2.05. The van der Waals surface area contributed by atoms with Crippen LogP contribution in [-0.4, -0.2) is 11.2 Å². The van der Waals surface area contributed by atoms with Crippen molar-refractivity contribution < 1.29 is 5.11 Å². The van der Waals surface area contributed by atoms with Gasteiger partial charge in [-0.05, 0) is 12.3 Å². The summed E-state index contributed by atoms with van der Waals surface area (Å²) in [5.41, 5.74) is 0. The summed E-state index contributed by atoms with van der Waals surface area (Å²) in [6.07, 6.45) is 10.1. The van der Waals surface area contributed by atoms with E-state index in [0.717, 1.165) is 6.42 Å². The van der Waals surface area contributed by atoms with E-state index in [9.17, 15) is 5.11 Å². The second-order valence-electron chi connectivity index (χ2n) is 3.36. The van der Waals surface area contributed by atoms with E-state index in [1.807, 2.05) is 0 Å². The van der Waals surface area contributed by atoms with Crippen LogP contribution in [0.25, 0.3) is 0 Å². The maximum absolute atomic E-state index is 9.25. The van der Waals surface area contributed by atoms with Gasteiger partial charge in [0.05, 0.1) is 0 Å². The third-order valence-electron chi connectivity index (χ3n) is 2.14. The summed E-state index contributed by atoms with van der Waals surface area (Å²) in [5.74, 6) is 2.98. The highest BCUT2D eigenvalue weighted by Crippen LogP contribution is 2.18. The molecule has 0 aromatic carbocycles. The van der Waals surface area contributed by atoms with E-state index in [-0.39, 0.29) is 0 Å². The number of hydrogen-bond acceptors (Lipinski definition) is 1. The number of terminal acetylenes is 1. The summed E-state index contributed by atoms with van der Waals surface area (Å²) in [6, 6.07) is 0. The molecule has 0 aliphatic carbocycles. The van der Waals surface area contributed by atoms with Gasteiger partial charge < -0.3 is 5.11 Å². The monoisotopic (exact) mass is 168 g/mol. The molecule has 1 atom stereocenters. The standard InChI is InChI=1S/C11H20O/c1-4-7-10(8-5-2)9-11(12)6-3/h3,10-12H,4-5,7-9H2,1-2H3. The minimum Gasteiger partial charge on any atom is -0.380 e. The van der Waals surface area contributed by atoms with Crippen molar-refractivity contribution in [1.29, 1.82) is 0 Å². The predicted molar refractivity (Wildman–Crippen MR) is 52.8 cm³/mol. The molecule has 0 radical (unpaired) electrons. The third-order valence-corrected chi connectivity index (χ3v) is 2.14. The van der Waals surface area contributed by atoms with E-state index in [2.05, 4.69) is 19.8 Å². The molecule has 0 saturated heterocycles. The van der Waals surface area contributed by atoms with Crippen LogP contribution in [-0.2, 0) is 0 Å². The van der Waals surface area contributed by atoms with Crippen molar-refractivity contribution in [3.63, 3.8) is 0 Å². The van der Waals surface area contributed by atoms with Gasteiger partial charge in [-0.3, -0.25) is 0 Å². The van der Waals surface area contributed by atoms with Crippen molar-refractivity contribution in [2.45, 2.75) is 52.1 Å². The lowest BCUT2D eigenvalue weighted by Crippen LogP contribution is -2.11. The van der Waals surface area contributed by atoms with E-state index in [1.165, 1.54) is 25.7 Å². The Hall–Kier alpha value is -0.480. The van der Waals surface area contributed by atoms with Gasteiger partial charge in [0, 0.05) is 0 Å². The summed E-state index contributed by atoms with van der Waals surface area (Å²) < 4.78 is 0. The van der Waals surface area contributed by atoms with E-state index in [4.69, 9.17) is 6.42 Å². The summed E-state index contributed by atoms with van der Waals surface area (Å²) in [5, 5.41) is 9.25. The lowest BCUT2D eigenvalue weighted by Gasteiger charge is -2.15. The molecule has 0 fully saturated rings. The first-order valence-corrected chi connectivity index (χ1v) is 4.88. The third kappa shape index (κ3) is 5.21. The van der Waals surface area contributed by atoms with Gasteiger partial charge in [-0.1, -0.05) is 45.5 Å². The fourth-order valence-corrected chi connectivity index (χ4v) is 1.58. The molecule has 0 amide bonds. The van der Waals surface area contributed by atoms with Gasteiger partial charge in [-0.25, -0.2) is 0 Å². The van der Waals surface area contributed by atoms with Crippen molar-refractivity contribution in [2.24, 2.45) is 5.92 Å². The zero-order valence-electron chi connectivity index (χ0n) is 8.21. The molecule has 0 rings (SSSR count). The van der Waals surface area contributed by atoms with Gasteiger partial charge in [-0.15, -0.1) is 6.42 Å². The van der Waals surface area contributed by atoms with Crippen molar-refractivity contribution in [3.05, 3.63) is 0 Å². The normalized spacial score (nSPS) is 12.9. The van der Waals surface area contributed by atoms with Gasteiger partial charge in [0.25, 0.3) is 0 Å². The fourth-order valence-electron chi connectivity index (χ4n) is 1.58. The van der Waals surface area contributed by atoms with Gasteiger partial charge in [0.1, 0.15) is 6.10 Å². The molecule has 70 valence electrons. The molecule has 0 bridgehead atoms. The van der Waals surface area contributed by atoms with Gasteiger partial charge >= 0.3 is 0 Å². The second-order valence-corrected chi connectivity index (χ2v) is 3.36. The predicted octanol–water partition coefficient (Wildman–Crippen LogP) is 2.59. The topological polar surface area (TPSA) is 20.2 Å². The Labute approximate surface area is 76.2 Å². The molecule has 1 heteroatoms. The maximum Gasteiger partial charge on any atom is 0.114 e. The Balaban J connectivity index is 3.70. The van der Waals surface area contributed by atoms with Crippen LogP contribution in [0.3, 0.4) is 0 Å². The van der Waals surface area contributed by atoms with Gasteiger partial charge in [0.2, 0.25) is 0 Å². The number of rotatable bonds is 6. The maximum atomic E-state index is 9.25. The Morgan fingerprint density at radius 1 is 1.25 bits per heavy atom. The number of aliphatic hydroxyl groups excluding tert-OH is 1. The van der Waals surface area contributed by atoms with Crippen LogP contribution in [0.2, 0.25) is 0 Å². The smallest absolute Gasteiger partial charge is 0.114 e. The quantitative estimate of drug-likeness (QED) is 0.604. The SMILES string of the molecule is C#CC(O)CC(CCC)CCC. The lowest BCUT2D eigenvalue weighted by atomic mass is 9.92. The summed E-state index contributed by atoms with van der Waals surface area (Å²) in [7, 11) is 0. The van der Waals surface area contributed by atoms with Crippen molar-refractivity contribution in [1.82, 2.24) is 0 Å². The zero-order chi connectivity index (χ0) is 9.40. The Bertz CT molecular complexity index is 128. The van der Waals surface area contributed by atoms with Crippen LogP contribution < -0.4 is 0 Å². The van der Waals surface area contributed by atoms with Crippen LogP contribution in [0.5, 0.6) is 0 Å². The van der Waals surface area contributed by atoms with E-state index < -0.39 is 6.10 Å². The zero-order valence-corrected chi connectivity index (χ0v) is 8.21. The molecular weight excluding hydrogens is 148 g/mol. The summed E-state index contributed by atoms with van der Waals surface area (Å²) in [6.45, 7) is 4.34. The molecule has 0 saturated carbocycles. The summed E-state index contributed by atoms with van der Waals surface area (Å²) >= 11 is 0. The van der Waals surface area contributed by atoms with Crippen LogP contribution in [0.1, 0.15) is 46.0 Å². The molecule has 1 N–H and O–H groups in total. The van der Waals surface area contributed by atoms with E-state index in [0.29, 0.717) is 5.92 Å². The lowest BCUT2D eigenvalue weighted by molar-refractivity contribution is 0.187. The average molecular weight is 168 g/mol. The first kappa shape index (κ1) is 11.5. The first-order chi connectivity index (χ1) is 5.74. The Kier molecular flexibility index (Phi) is 6.90. The van der Waals surface area contributed by atoms with Crippen molar-refractivity contribution in [2.75, 3.05) is 0 Å². The van der Waals surface area contributed by atoms with Gasteiger partial charge in [-0.2, -0.15) is 0 Å².